The van der Waals surface area contributed by atoms with Crippen LogP contribution in [0.2, 0.25) is 0 Å². The van der Waals surface area contributed by atoms with Crippen LogP contribution < -0.4 is 11.1 Å². The first-order valence-electron chi connectivity index (χ1n) is 5.09. The fraction of sp³-hybridized carbons (Fsp3) is 0.700. The summed E-state index contributed by atoms with van der Waals surface area (Å²) in [7, 11) is 0. The molecule has 0 atom stereocenters. The second-order valence-electron chi connectivity index (χ2n) is 4.28. The first-order chi connectivity index (χ1) is 6.50. The first-order valence-corrected chi connectivity index (χ1v) is 5.09. The minimum atomic E-state index is 0.354. The number of hydrogen-bond acceptors (Lipinski definition) is 3. The number of anilines is 2. The Balaban J connectivity index is 2.67. The zero-order valence-electron chi connectivity index (χ0n) is 9.41. The van der Waals surface area contributed by atoms with Crippen molar-refractivity contribution in [3.8, 4) is 0 Å². The van der Waals surface area contributed by atoms with E-state index in [-0.39, 0.29) is 0 Å². The minimum absolute atomic E-state index is 0.354. The van der Waals surface area contributed by atoms with Crippen LogP contribution in [0.15, 0.2) is 6.20 Å². The molecule has 0 bridgehead atoms. The summed E-state index contributed by atoms with van der Waals surface area (Å²) in [5.74, 6) is 1.39. The summed E-state index contributed by atoms with van der Waals surface area (Å²) >= 11 is 0. The van der Waals surface area contributed by atoms with Gasteiger partial charge in [-0.05, 0) is 19.8 Å². The van der Waals surface area contributed by atoms with E-state index in [1.165, 1.54) is 0 Å². The summed E-state index contributed by atoms with van der Waals surface area (Å²) in [6.45, 7) is 9.38. The van der Waals surface area contributed by atoms with Crippen LogP contribution in [0.25, 0.3) is 0 Å². The van der Waals surface area contributed by atoms with E-state index < -0.39 is 0 Å². The molecule has 0 saturated heterocycles. The van der Waals surface area contributed by atoms with Gasteiger partial charge in [0.05, 0.1) is 11.9 Å². The number of rotatable bonds is 4. The van der Waals surface area contributed by atoms with Gasteiger partial charge in [-0.15, -0.1) is 0 Å². The molecule has 0 saturated carbocycles. The predicted octanol–water partition coefficient (Wildman–Crippen LogP) is 2.11. The van der Waals surface area contributed by atoms with Gasteiger partial charge < -0.3 is 11.1 Å². The molecule has 0 radical (unpaired) electrons. The minimum Gasteiger partial charge on any atom is -0.394 e. The van der Waals surface area contributed by atoms with Crippen molar-refractivity contribution in [3.05, 3.63) is 6.20 Å². The second-order valence-corrected chi connectivity index (χ2v) is 4.28. The highest BCUT2D eigenvalue weighted by Gasteiger charge is 2.07. The van der Waals surface area contributed by atoms with Crippen molar-refractivity contribution >= 4 is 11.5 Å². The van der Waals surface area contributed by atoms with Crippen LogP contribution in [0.3, 0.4) is 0 Å². The average Bonchev–Trinajstić information content (AvgIpc) is 2.43. The number of hydrogen-bond donors (Lipinski definition) is 2. The number of nitrogens with two attached hydrogens (primary N) is 1. The molecule has 3 N–H and O–H groups in total. The Kier molecular flexibility index (Phi) is 3.38. The van der Waals surface area contributed by atoms with E-state index in [1.807, 2.05) is 10.9 Å². The molecule has 1 aromatic rings. The Hall–Kier alpha value is -1.19. The van der Waals surface area contributed by atoms with Gasteiger partial charge in [0.2, 0.25) is 0 Å². The summed E-state index contributed by atoms with van der Waals surface area (Å²) in [5.41, 5.74) is 6.54. The lowest BCUT2D eigenvalue weighted by Gasteiger charge is -2.07. The summed E-state index contributed by atoms with van der Waals surface area (Å²) < 4.78 is 1.87. The lowest BCUT2D eigenvalue weighted by atomic mass is 10.2. The molecule has 0 aliphatic heterocycles. The molecule has 4 nitrogen and oxygen atoms in total. The molecule has 4 heteroatoms. The zero-order valence-corrected chi connectivity index (χ0v) is 9.41. The first kappa shape index (κ1) is 10.9. The van der Waals surface area contributed by atoms with E-state index >= 15 is 0 Å². The fourth-order valence-electron chi connectivity index (χ4n) is 1.11. The van der Waals surface area contributed by atoms with E-state index in [1.54, 1.807) is 0 Å². The third-order valence-corrected chi connectivity index (χ3v) is 1.97. The highest BCUT2D eigenvalue weighted by molar-refractivity contribution is 5.59. The van der Waals surface area contributed by atoms with Crippen molar-refractivity contribution in [3.63, 3.8) is 0 Å². The maximum Gasteiger partial charge on any atom is 0.171 e. The quantitative estimate of drug-likeness (QED) is 0.775. The molecule has 0 fully saturated rings. The maximum atomic E-state index is 5.82. The topological polar surface area (TPSA) is 55.9 Å². The molecule has 0 aliphatic carbocycles. The van der Waals surface area contributed by atoms with E-state index in [0.717, 1.165) is 18.1 Å². The maximum absolute atomic E-state index is 5.82. The van der Waals surface area contributed by atoms with Crippen molar-refractivity contribution in [2.24, 2.45) is 5.92 Å². The Bertz CT molecular complexity index is 288. The SMILES string of the molecule is CC(C)CNc1nn(C(C)C)cc1N. The molecule has 0 amide bonds. The molecule has 1 aromatic heterocycles. The normalized spacial score (nSPS) is 11.3. The molecular weight excluding hydrogens is 176 g/mol. The van der Waals surface area contributed by atoms with E-state index in [0.29, 0.717) is 12.0 Å². The smallest absolute Gasteiger partial charge is 0.171 e. The Morgan fingerprint density at radius 2 is 2.07 bits per heavy atom. The number of nitrogens with zero attached hydrogens (tertiary/aromatic N) is 2. The highest BCUT2D eigenvalue weighted by Crippen LogP contribution is 2.18. The lowest BCUT2D eigenvalue weighted by Crippen LogP contribution is -2.10. The van der Waals surface area contributed by atoms with Gasteiger partial charge in [0.1, 0.15) is 0 Å². The van der Waals surface area contributed by atoms with Gasteiger partial charge in [0.25, 0.3) is 0 Å². The van der Waals surface area contributed by atoms with Crippen molar-refractivity contribution < 1.29 is 0 Å². The molecule has 0 unspecified atom stereocenters. The summed E-state index contributed by atoms with van der Waals surface area (Å²) in [5, 5.41) is 7.59. The summed E-state index contributed by atoms with van der Waals surface area (Å²) in [6, 6.07) is 0.354. The number of nitrogen functional groups attached to an aromatic ring is 1. The van der Waals surface area contributed by atoms with Gasteiger partial charge in [0.15, 0.2) is 5.82 Å². The van der Waals surface area contributed by atoms with E-state index in [9.17, 15) is 0 Å². The Morgan fingerprint density at radius 3 is 2.50 bits per heavy atom. The van der Waals surface area contributed by atoms with Gasteiger partial charge in [-0.1, -0.05) is 13.8 Å². The Labute approximate surface area is 85.5 Å². The fourth-order valence-corrected chi connectivity index (χ4v) is 1.11. The molecular formula is C10H20N4. The monoisotopic (exact) mass is 196 g/mol. The van der Waals surface area contributed by atoms with Crippen LogP contribution in [0.1, 0.15) is 33.7 Å². The van der Waals surface area contributed by atoms with Gasteiger partial charge in [0, 0.05) is 12.6 Å². The van der Waals surface area contributed by atoms with Crippen LogP contribution in [-0.2, 0) is 0 Å². The molecule has 1 heterocycles. The van der Waals surface area contributed by atoms with Crippen molar-refractivity contribution in [1.82, 2.24) is 9.78 Å². The molecule has 80 valence electrons. The summed E-state index contributed by atoms with van der Waals surface area (Å²) in [6.07, 6.45) is 1.87. The largest absolute Gasteiger partial charge is 0.394 e. The van der Waals surface area contributed by atoms with E-state index in [2.05, 4.69) is 38.1 Å². The molecule has 0 aromatic carbocycles. The van der Waals surface area contributed by atoms with Crippen molar-refractivity contribution in [2.45, 2.75) is 33.7 Å². The van der Waals surface area contributed by atoms with Crippen LogP contribution >= 0.6 is 0 Å². The van der Waals surface area contributed by atoms with Crippen molar-refractivity contribution in [1.29, 1.82) is 0 Å². The molecule has 0 aliphatic rings. The van der Waals surface area contributed by atoms with Gasteiger partial charge in [-0.2, -0.15) is 5.10 Å². The average molecular weight is 196 g/mol. The number of aromatic nitrogens is 2. The van der Waals surface area contributed by atoms with Crippen LogP contribution in [0.4, 0.5) is 11.5 Å². The predicted molar refractivity (Wildman–Crippen MR) is 60.4 cm³/mol. The third kappa shape index (κ3) is 2.65. The highest BCUT2D eigenvalue weighted by atomic mass is 15.3. The molecule has 1 rings (SSSR count). The third-order valence-electron chi connectivity index (χ3n) is 1.97. The second kappa shape index (κ2) is 4.35. The molecule has 0 spiro atoms. The van der Waals surface area contributed by atoms with Crippen LogP contribution in [-0.4, -0.2) is 16.3 Å². The van der Waals surface area contributed by atoms with Crippen LogP contribution in [0.5, 0.6) is 0 Å². The van der Waals surface area contributed by atoms with E-state index in [4.69, 9.17) is 5.73 Å². The Morgan fingerprint density at radius 1 is 1.43 bits per heavy atom. The zero-order chi connectivity index (χ0) is 10.7. The van der Waals surface area contributed by atoms with Gasteiger partial charge in [-0.3, -0.25) is 4.68 Å². The van der Waals surface area contributed by atoms with Gasteiger partial charge >= 0.3 is 0 Å². The lowest BCUT2D eigenvalue weighted by molar-refractivity contribution is 0.533. The molecule has 14 heavy (non-hydrogen) atoms. The summed E-state index contributed by atoms with van der Waals surface area (Å²) in [4.78, 5) is 0. The number of nitrogens with one attached hydrogen (secondary N) is 1. The van der Waals surface area contributed by atoms with Crippen molar-refractivity contribution in [2.75, 3.05) is 17.6 Å². The standard InChI is InChI=1S/C10H20N4/c1-7(2)5-12-10-9(11)6-14(13-10)8(3)4/h6-8H,5,11H2,1-4H3,(H,12,13). The van der Waals surface area contributed by atoms with Crippen LogP contribution in [0, 0.1) is 5.92 Å². The van der Waals surface area contributed by atoms with Gasteiger partial charge in [-0.25, -0.2) is 0 Å².